The van der Waals surface area contributed by atoms with E-state index in [1.54, 1.807) is 17.0 Å². The summed E-state index contributed by atoms with van der Waals surface area (Å²) in [5.74, 6) is -0.695. The molecule has 3 rings (SSSR count). The fourth-order valence-corrected chi connectivity index (χ4v) is 3.04. The number of halogens is 4. The quantitative estimate of drug-likeness (QED) is 0.912. The normalized spacial score (nSPS) is 26.6. The molecule has 1 saturated carbocycles. The van der Waals surface area contributed by atoms with Crippen LogP contribution in [0.3, 0.4) is 0 Å². The summed E-state index contributed by atoms with van der Waals surface area (Å²) in [6, 6.07) is 6.03. The van der Waals surface area contributed by atoms with Crippen molar-refractivity contribution in [3.63, 3.8) is 0 Å². The summed E-state index contributed by atoms with van der Waals surface area (Å²) in [5.41, 5.74) is 6.23. The maximum atomic E-state index is 12.4. The number of nitrogens with zero attached hydrogens (tertiary/aromatic N) is 1. The zero-order valence-electron chi connectivity index (χ0n) is 12.3. The summed E-state index contributed by atoms with van der Waals surface area (Å²) in [4.78, 5) is 14.1. The van der Waals surface area contributed by atoms with Crippen LogP contribution in [0.15, 0.2) is 24.3 Å². The summed E-state index contributed by atoms with van der Waals surface area (Å²) in [5, 5.41) is 0. The second-order valence-electron chi connectivity index (χ2n) is 5.87. The molecule has 1 heterocycles. The monoisotopic (exact) mass is 350 g/mol. The number of likely N-dealkylation sites (tertiary alicyclic amines) is 1. The van der Waals surface area contributed by atoms with Crippen LogP contribution in [0.1, 0.15) is 24.3 Å². The van der Waals surface area contributed by atoms with Gasteiger partial charge in [0.05, 0.1) is 0 Å². The molecule has 1 aromatic carbocycles. The van der Waals surface area contributed by atoms with Gasteiger partial charge in [0.1, 0.15) is 5.75 Å². The highest BCUT2D eigenvalue weighted by atomic mass is 35.5. The van der Waals surface area contributed by atoms with Crippen LogP contribution in [0.4, 0.5) is 13.2 Å². The number of carbonyl (C=O) groups excluding carboxylic acids is 1. The molecule has 23 heavy (non-hydrogen) atoms. The van der Waals surface area contributed by atoms with E-state index in [1.807, 2.05) is 0 Å². The highest BCUT2D eigenvalue weighted by Gasteiger charge is 2.48. The molecule has 0 bridgehead atoms. The number of alkyl halides is 3. The van der Waals surface area contributed by atoms with Crippen LogP contribution in [0.2, 0.25) is 0 Å². The van der Waals surface area contributed by atoms with Crippen molar-refractivity contribution in [2.45, 2.75) is 31.2 Å². The summed E-state index contributed by atoms with van der Waals surface area (Å²) >= 11 is 0. The van der Waals surface area contributed by atoms with E-state index in [-0.39, 0.29) is 41.9 Å². The Morgan fingerprint density at radius 1 is 1.30 bits per heavy atom. The highest BCUT2D eigenvalue weighted by molar-refractivity contribution is 5.85. The predicted octanol–water partition coefficient (Wildman–Crippen LogP) is 2.67. The Morgan fingerprint density at radius 2 is 2.00 bits per heavy atom. The van der Waals surface area contributed by atoms with Crippen molar-refractivity contribution in [2.75, 3.05) is 13.1 Å². The number of benzene rings is 1. The number of carbonyl (C=O) groups is 1. The molecule has 1 aromatic rings. The molecule has 2 N–H and O–H groups in total. The van der Waals surface area contributed by atoms with E-state index in [9.17, 15) is 18.0 Å². The first-order valence-electron chi connectivity index (χ1n) is 7.24. The van der Waals surface area contributed by atoms with Crippen LogP contribution in [0.5, 0.6) is 5.75 Å². The molecule has 0 spiro atoms. The number of hydrogen-bond acceptors (Lipinski definition) is 3. The third-order valence-corrected chi connectivity index (χ3v) is 4.19. The van der Waals surface area contributed by atoms with Gasteiger partial charge in [0, 0.05) is 25.0 Å². The molecule has 8 heteroatoms. The van der Waals surface area contributed by atoms with Crippen LogP contribution in [-0.4, -0.2) is 36.3 Å². The van der Waals surface area contributed by atoms with Gasteiger partial charge in [0.25, 0.3) is 0 Å². The highest BCUT2D eigenvalue weighted by Crippen LogP contribution is 2.51. The van der Waals surface area contributed by atoms with Gasteiger partial charge in [0.15, 0.2) is 0 Å². The van der Waals surface area contributed by atoms with E-state index >= 15 is 0 Å². The Bertz CT molecular complexity index is 582. The first kappa shape index (κ1) is 17.9. The third kappa shape index (κ3) is 4.09. The number of para-hydroxylation sites is 1. The topological polar surface area (TPSA) is 55.6 Å². The minimum atomic E-state index is -4.73. The van der Waals surface area contributed by atoms with Crippen molar-refractivity contribution < 1.29 is 22.7 Å². The Kier molecular flexibility index (Phi) is 5.10. The van der Waals surface area contributed by atoms with Crippen LogP contribution in [0, 0.1) is 5.92 Å². The number of rotatable bonds is 3. The number of nitrogens with two attached hydrogens (primary N) is 1. The van der Waals surface area contributed by atoms with E-state index in [0.29, 0.717) is 25.1 Å². The minimum Gasteiger partial charge on any atom is -0.405 e. The van der Waals surface area contributed by atoms with Crippen LogP contribution < -0.4 is 10.5 Å². The maximum Gasteiger partial charge on any atom is 0.573 e. The Hall–Kier alpha value is -1.47. The smallest absolute Gasteiger partial charge is 0.405 e. The van der Waals surface area contributed by atoms with Crippen molar-refractivity contribution in [1.82, 2.24) is 4.90 Å². The molecule has 3 atom stereocenters. The van der Waals surface area contributed by atoms with Gasteiger partial charge in [-0.3, -0.25) is 4.79 Å². The van der Waals surface area contributed by atoms with Gasteiger partial charge in [-0.2, -0.15) is 0 Å². The lowest BCUT2D eigenvalue weighted by atomic mass is 10.1. The molecule has 4 nitrogen and oxygen atoms in total. The first-order chi connectivity index (χ1) is 10.3. The van der Waals surface area contributed by atoms with Crippen molar-refractivity contribution in [1.29, 1.82) is 0 Å². The largest absolute Gasteiger partial charge is 0.573 e. The standard InChI is InChI=1S/C15H17F3N2O2.ClH/c16-15(17,18)22-13-4-2-1-3-10(13)11-7-12(11)14(21)20-6-5-9(19)8-20;/h1-4,9,11-12H,5-8,19H2;1H/t9-,11?,12?;/m1./s1. The van der Waals surface area contributed by atoms with Crippen molar-refractivity contribution in [3.8, 4) is 5.75 Å². The molecule has 128 valence electrons. The van der Waals surface area contributed by atoms with E-state index in [0.717, 1.165) is 6.42 Å². The number of amides is 1. The SMILES string of the molecule is Cl.N[C@@H]1CCN(C(=O)C2CC2c2ccccc2OC(F)(F)F)C1. The lowest BCUT2D eigenvalue weighted by molar-refractivity contribution is -0.274. The molecule has 0 radical (unpaired) electrons. The molecule has 1 amide bonds. The molecule has 1 saturated heterocycles. The molecule has 2 aliphatic rings. The van der Waals surface area contributed by atoms with Crippen LogP contribution in [0.25, 0.3) is 0 Å². The van der Waals surface area contributed by atoms with Gasteiger partial charge in [-0.05, 0) is 30.4 Å². The predicted molar refractivity (Wildman–Crippen MR) is 80.4 cm³/mol. The van der Waals surface area contributed by atoms with E-state index < -0.39 is 6.36 Å². The molecule has 2 fully saturated rings. The van der Waals surface area contributed by atoms with Gasteiger partial charge in [-0.1, -0.05) is 18.2 Å². The summed E-state index contributed by atoms with van der Waals surface area (Å²) in [6.45, 7) is 1.16. The van der Waals surface area contributed by atoms with E-state index in [4.69, 9.17) is 5.73 Å². The minimum absolute atomic E-state index is 0. The second-order valence-corrected chi connectivity index (χ2v) is 5.87. The van der Waals surface area contributed by atoms with Crippen molar-refractivity contribution in [3.05, 3.63) is 29.8 Å². The van der Waals surface area contributed by atoms with E-state index in [1.165, 1.54) is 12.1 Å². The molecule has 2 unspecified atom stereocenters. The Morgan fingerprint density at radius 3 is 2.61 bits per heavy atom. The average Bonchev–Trinajstić information content (AvgIpc) is 3.11. The second kappa shape index (κ2) is 6.57. The fourth-order valence-electron chi connectivity index (χ4n) is 3.04. The van der Waals surface area contributed by atoms with Crippen LogP contribution in [-0.2, 0) is 4.79 Å². The van der Waals surface area contributed by atoms with E-state index in [2.05, 4.69) is 4.74 Å². The van der Waals surface area contributed by atoms with Crippen molar-refractivity contribution in [2.24, 2.45) is 11.7 Å². The molecule has 1 aliphatic heterocycles. The summed E-state index contributed by atoms with van der Waals surface area (Å²) in [6.07, 6.45) is -3.40. The van der Waals surface area contributed by atoms with Gasteiger partial charge in [-0.25, -0.2) is 0 Å². The molecule has 1 aliphatic carbocycles. The van der Waals surface area contributed by atoms with Crippen molar-refractivity contribution >= 4 is 18.3 Å². The van der Waals surface area contributed by atoms with Crippen LogP contribution >= 0.6 is 12.4 Å². The average molecular weight is 351 g/mol. The molecular formula is C15H18ClF3N2O2. The summed E-state index contributed by atoms with van der Waals surface area (Å²) < 4.78 is 41.4. The zero-order chi connectivity index (χ0) is 15.9. The fraction of sp³-hybridized carbons (Fsp3) is 0.533. The first-order valence-corrected chi connectivity index (χ1v) is 7.24. The Balaban J connectivity index is 0.00000192. The zero-order valence-corrected chi connectivity index (χ0v) is 13.1. The third-order valence-electron chi connectivity index (χ3n) is 4.19. The van der Waals surface area contributed by atoms with Gasteiger partial charge < -0.3 is 15.4 Å². The maximum absolute atomic E-state index is 12.4. The summed E-state index contributed by atoms with van der Waals surface area (Å²) in [7, 11) is 0. The van der Waals surface area contributed by atoms with Gasteiger partial charge in [0.2, 0.25) is 5.91 Å². The molecular weight excluding hydrogens is 333 g/mol. The number of hydrogen-bond donors (Lipinski definition) is 1. The number of ether oxygens (including phenoxy) is 1. The lowest BCUT2D eigenvalue weighted by Gasteiger charge is -2.16. The molecule has 0 aromatic heterocycles. The lowest BCUT2D eigenvalue weighted by Crippen LogP contribution is -2.33. The van der Waals surface area contributed by atoms with Gasteiger partial charge in [-0.15, -0.1) is 25.6 Å². The van der Waals surface area contributed by atoms with Gasteiger partial charge >= 0.3 is 6.36 Å². The Labute approximate surface area is 138 Å².